The molecule has 2 aromatic carbocycles. The maximum Gasteiger partial charge on any atom is 0.268 e. The Labute approximate surface area is 147 Å². The van der Waals surface area contributed by atoms with E-state index >= 15 is 0 Å². The Kier molecular flexibility index (Phi) is 4.23. The highest BCUT2D eigenvalue weighted by Gasteiger charge is 2.19. The molecule has 1 aliphatic rings. The summed E-state index contributed by atoms with van der Waals surface area (Å²) in [5.74, 6) is 0.760. The lowest BCUT2D eigenvalue weighted by molar-refractivity contribution is 0.277. The van der Waals surface area contributed by atoms with E-state index in [-0.39, 0.29) is 4.90 Å². The molecular weight excluding hydrogens is 336 g/mol. The Balaban J connectivity index is 1.62. The van der Waals surface area contributed by atoms with Crippen LogP contribution in [0.2, 0.25) is 0 Å². The molecule has 0 bridgehead atoms. The van der Waals surface area contributed by atoms with E-state index in [1.807, 2.05) is 12.1 Å². The summed E-state index contributed by atoms with van der Waals surface area (Å²) in [5.41, 5.74) is 0.648. The fourth-order valence-corrected chi connectivity index (χ4v) is 4.57. The molecule has 130 valence electrons. The molecule has 4 rings (SSSR count). The molecule has 1 atom stereocenters. The highest BCUT2D eigenvalue weighted by atomic mass is 32.2. The quantitative estimate of drug-likeness (QED) is 0.763. The molecule has 0 aliphatic carbocycles. The topological polar surface area (TPSA) is 60.3 Å². The van der Waals surface area contributed by atoms with Crippen LogP contribution in [0, 0.1) is 0 Å². The summed E-state index contributed by atoms with van der Waals surface area (Å²) in [6, 6.07) is 16.2. The van der Waals surface area contributed by atoms with Gasteiger partial charge in [-0.05, 0) is 55.8 Å². The molecule has 6 heteroatoms. The zero-order chi connectivity index (χ0) is 17.3. The van der Waals surface area contributed by atoms with Gasteiger partial charge in [0.15, 0.2) is 0 Å². The van der Waals surface area contributed by atoms with Gasteiger partial charge in [-0.25, -0.2) is 12.4 Å². The number of rotatable bonds is 5. The number of nitrogens with zero attached hydrogens (tertiary/aromatic N) is 1. The summed E-state index contributed by atoms with van der Waals surface area (Å²) in [7, 11) is -3.59. The summed E-state index contributed by atoms with van der Waals surface area (Å²) in [6.07, 6.45) is 3.91. The van der Waals surface area contributed by atoms with Gasteiger partial charge in [-0.3, -0.25) is 0 Å². The van der Waals surface area contributed by atoms with Crippen LogP contribution in [0.3, 0.4) is 0 Å². The van der Waals surface area contributed by atoms with E-state index in [4.69, 9.17) is 4.74 Å². The SMILES string of the molecule is O=S(=O)(c1ccccc1)n1ccc2cc(OCC3CCCN3)ccc21. The van der Waals surface area contributed by atoms with Crippen molar-refractivity contribution in [1.82, 2.24) is 9.29 Å². The Morgan fingerprint density at radius 1 is 1.12 bits per heavy atom. The van der Waals surface area contributed by atoms with Crippen LogP contribution >= 0.6 is 0 Å². The summed E-state index contributed by atoms with van der Waals surface area (Å²) < 4.78 is 32.8. The molecule has 1 aromatic heterocycles. The zero-order valence-corrected chi connectivity index (χ0v) is 14.6. The largest absolute Gasteiger partial charge is 0.492 e. The van der Waals surface area contributed by atoms with Gasteiger partial charge < -0.3 is 10.1 Å². The van der Waals surface area contributed by atoms with Crippen molar-refractivity contribution in [2.75, 3.05) is 13.2 Å². The summed E-state index contributed by atoms with van der Waals surface area (Å²) in [6.45, 7) is 1.68. The van der Waals surface area contributed by atoms with E-state index in [9.17, 15) is 8.42 Å². The number of nitrogens with one attached hydrogen (secondary N) is 1. The number of hydrogen-bond acceptors (Lipinski definition) is 4. The predicted molar refractivity (Wildman–Crippen MR) is 97.5 cm³/mol. The van der Waals surface area contributed by atoms with Gasteiger partial charge in [0.1, 0.15) is 12.4 Å². The molecule has 1 fully saturated rings. The molecule has 1 unspecified atom stereocenters. The van der Waals surface area contributed by atoms with Crippen LogP contribution < -0.4 is 10.1 Å². The van der Waals surface area contributed by atoms with Crippen LogP contribution in [-0.4, -0.2) is 31.6 Å². The van der Waals surface area contributed by atoms with E-state index in [1.165, 1.54) is 10.4 Å². The molecular formula is C19H20N2O3S. The molecule has 25 heavy (non-hydrogen) atoms. The Morgan fingerprint density at radius 2 is 1.96 bits per heavy atom. The lowest BCUT2D eigenvalue weighted by Crippen LogP contribution is -2.28. The highest BCUT2D eigenvalue weighted by molar-refractivity contribution is 7.90. The van der Waals surface area contributed by atoms with Gasteiger partial charge in [-0.2, -0.15) is 0 Å². The Hall–Kier alpha value is -2.31. The number of ether oxygens (including phenoxy) is 1. The number of hydrogen-bond donors (Lipinski definition) is 1. The smallest absolute Gasteiger partial charge is 0.268 e. The van der Waals surface area contributed by atoms with Crippen molar-refractivity contribution in [3.8, 4) is 5.75 Å². The monoisotopic (exact) mass is 356 g/mol. The van der Waals surface area contributed by atoms with Crippen molar-refractivity contribution < 1.29 is 13.2 Å². The standard InChI is InChI=1S/C19H20N2O3S/c22-25(23,18-6-2-1-3-7-18)21-12-10-15-13-17(8-9-19(15)21)24-14-16-5-4-11-20-16/h1-3,6-10,12-13,16,20H,4-5,11,14H2. The van der Waals surface area contributed by atoms with Crippen molar-refractivity contribution in [1.29, 1.82) is 0 Å². The van der Waals surface area contributed by atoms with Crippen LogP contribution in [-0.2, 0) is 10.0 Å². The third-order valence-corrected chi connectivity index (χ3v) is 6.24. The lowest BCUT2D eigenvalue weighted by Gasteiger charge is -2.12. The second-order valence-electron chi connectivity index (χ2n) is 6.25. The van der Waals surface area contributed by atoms with Gasteiger partial charge in [0, 0.05) is 17.6 Å². The van der Waals surface area contributed by atoms with E-state index < -0.39 is 10.0 Å². The molecule has 0 radical (unpaired) electrons. The van der Waals surface area contributed by atoms with Crippen molar-refractivity contribution in [2.45, 2.75) is 23.8 Å². The van der Waals surface area contributed by atoms with Crippen LogP contribution in [0.4, 0.5) is 0 Å². The second kappa shape index (κ2) is 6.54. The first-order valence-electron chi connectivity index (χ1n) is 8.42. The lowest BCUT2D eigenvalue weighted by atomic mass is 10.2. The average Bonchev–Trinajstić information content (AvgIpc) is 3.30. The van der Waals surface area contributed by atoms with Gasteiger partial charge in [0.05, 0.1) is 10.4 Å². The Bertz CT molecular complexity index is 974. The van der Waals surface area contributed by atoms with Crippen LogP contribution in [0.15, 0.2) is 65.7 Å². The van der Waals surface area contributed by atoms with Crippen molar-refractivity contribution in [2.24, 2.45) is 0 Å². The van der Waals surface area contributed by atoms with E-state index in [2.05, 4.69) is 5.32 Å². The maximum atomic E-state index is 12.8. The molecule has 0 amide bonds. The van der Waals surface area contributed by atoms with Crippen molar-refractivity contribution >= 4 is 20.9 Å². The first-order chi connectivity index (χ1) is 12.1. The first-order valence-corrected chi connectivity index (χ1v) is 9.86. The summed E-state index contributed by atoms with van der Waals surface area (Å²) >= 11 is 0. The van der Waals surface area contributed by atoms with Crippen LogP contribution in [0.5, 0.6) is 5.75 Å². The van der Waals surface area contributed by atoms with Crippen molar-refractivity contribution in [3.05, 3.63) is 60.8 Å². The molecule has 1 saturated heterocycles. The van der Waals surface area contributed by atoms with Crippen LogP contribution in [0.25, 0.3) is 10.9 Å². The van der Waals surface area contributed by atoms with Gasteiger partial charge >= 0.3 is 0 Å². The van der Waals surface area contributed by atoms with Crippen molar-refractivity contribution in [3.63, 3.8) is 0 Å². The minimum atomic E-state index is -3.59. The average molecular weight is 356 g/mol. The molecule has 3 aromatic rings. The molecule has 1 N–H and O–H groups in total. The normalized spacial score (nSPS) is 17.8. The van der Waals surface area contributed by atoms with Gasteiger partial charge in [0.25, 0.3) is 10.0 Å². The second-order valence-corrected chi connectivity index (χ2v) is 8.07. The van der Waals surface area contributed by atoms with E-state index in [0.29, 0.717) is 18.2 Å². The predicted octanol–water partition coefficient (Wildman–Crippen LogP) is 3.01. The third-order valence-electron chi connectivity index (χ3n) is 4.54. The van der Waals surface area contributed by atoms with Crippen LogP contribution in [0.1, 0.15) is 12.8 Å². The Morgan fingerprint density at radius 3 is 2.72 bits per heavy atom. The van der Waals surface area contributed by atoms with E-state index in [1.54, 1.807) is 48.7 Å². The minimum Gasteiger partial charge on any atom is -0.492 e. The number of fused-ring (bicyclic) bond motifs is 1. The van der Waals surface area contributed by atoms with Gasteiger partial charge in [-0.15, -0.1) is 0 Å². The summed E-state index contributed by atoms with van der Waals surface area (Å²) in [4.78, 5) is 0.278. The number of benzene rings is 2. The zero-order valence-electron chi connectivity index (χ0n) is 13.8. The highest BCUT2D eigenvalue weighted by Crippen LogP contribution is 2.26. The maximum absolute atomic E-state index is 12.8. The van der Waals surface area contributed by atoms with E-state index in [0.717, 1.165) is 24.1 Å². The number of aromatic nitrogens is 1. The van der Waals surface area contributed by atoms with Gasteiger partial charge in [0.2, 0.25) is 0 Å². The minimum absolute atomic E-state index is 0.278. The third kappa shape index (κ3) is 3.15. The first kappa shape index (κ1) is 16.2. The molecule has 5 nitrogen and oxygen atoms in total. The molecule has 0 saturated carbocycles. The molecule has 1 aliphatic heterocycles. The summed E-state index contributed by atoms with van der Waals surface area (Å²) in [5, 5.41) is 4.24. The van der Waals surface area contributed by atoms with Gasteiger partial charge in [-0.1, -0.05) is 18.2 Å². The molecule has 2 heterocycles. The molecule has 0 spiro atoms. The fraction of sp³-hybridized carbons (Fsp3) is 0.263. The fourth-order valence-electron chi connectivity index (χ4n) is 3.20.